The molecule has 0 aliphatic carbocycles. The summed E-state index contributed by atoms with van der Waals surface area (Å²) in [5.74, 6) is 0.578. The van der Waals surface area contributed by atoms with Crippen LogP contribution in [0.2, 0.25) is 4.34 Å². The Kier molecular flexibility index (Phi) is 4.47. The lowest BCUT2D eigenvalue weighted by Crippen LogP contribution is -2.30. The minimum Gasteiger partial charge on any atom is -0.472 e. The van der Waals surface area contributed by atoms with Gasteiger partial charge in [0.2, 0.25) is 5.88 Å². The van der Waals surface area contributed by atoms with E-state index in [0.717, 1.165) is 10.9 Å². The molecule has 3 rings (SSSR count). The molecule has 4 nitrogen and oxygen atoms in total. The van der Waals surface area contributed by atoms with E-state index in [-0.39, 0.29) is 12.0 Å². The summed E-state index contributed by atoms with van der Waals surface area (Å²) in [5.41, 5.74) is 0. The van der Waals surface area contributed by atoms with Crippen molar-refractivity contribution in [2.24, 2.45) is 0 Å². The second-order valence-electron chi connectivity index (χ2n) is 4.67. The smallest absolute Gasteiger partial charge is 0.264 e. The van der Waals surface area contributed by atoms with Crippen LogP contribution in [-0.4, -0.2) is 35.0 Å². The predicted molar refractivity (Wildman–Crippen MR) is 86.2 cm³/mol. The topological polar surface area (TPSA) is 42.4 Å². The van der Waals surface area contributed by atoms with E-state index in [1.807, 2.05) is 12.1 Å². The monoisotopic (exact) mass is 386 g/mol. The van der Waals surface area contributed by atoms with Crippen molar-refractivity contribution in [2.45, 2.75) is 12.5 Å². The molecule has 1 saturated heterocycles. The van der Waals surface area contributed by atoms with Crippen molar-refractivity contribution in [1.82, 2.24) is 9.88 Å². The highest BCUT2D eigenvalue weighted by Gasteiger charge is 2.29. The lowest BCUT2D eigenvalue weighted by Gasteiger charge is -2.16. The van der Waals surface area contributed by atoms with Gasteiger partial charge >= 0.3 is 0 Å². The summed E-state index contributed by atoms with van der Waals surface area (Å²) in [6.07, 6.45) is 2.45. The lowest BCUT2D eigenvalue weighted by molar-refractivity contribution is 0.0775. The van der Waals surface area contributed by atoms with E-state index >= 15 is 0 Å². The standard InChI is InChI=1S/C14H12BrClN2O2S/c15-10-2-1-6-17-13(10)20-9-5-7-18(8-9)14(19)11-3-4-12(16)21-11/h1-4,6,9H,5,7-8H2. The Morgan fingerprint density at radius 3 is 3.05 bits per heavy atom. The van der Waals surface area contributed by atoms with Crippen LogP contribution in [0.1, 0.15) is 16.1 Å². The number of nitrogens with zero attached hydrogens (tertiary/aromatic N) is 2. The Bertz CT molecular complexity index is 664. The highest BCUT2D eigenvalue weighted by Crippen LogP contribution is 2.27. The molecule has 0 bridgehead atoms. The normalized spacial score (nSPS) is 18.0. The van der Waals surface area contributed by atoms with Gasteiger partial charge in [-0.1, -0.05) is 11.6 Å². The van der Waals surface area contributed by atoms with Gasteiger partial charge in [-0.2, -0.15) is 0 Å². The van der Waals surface area contributed by atoms with E-state index in [9.17, 15) is 4.79 Å². The van der Waals surface area contributed by atoms with E-state index in [1.54, 1.807) is 23.2 Å². The number of amides is 1. The van der Waals surface area contributed by atoms with Gasteiger partial charge in [0, 0.05) is 19.2 Å². The van der Waals surface area contributed by atoms with Crippen molar-refractivity contribution in [3.05, 3.63) is 44.1 Å². The molecule has 1 atom stereocenters. The molecule has 1 aliphatic heterocycles. The minimum atomic E-state index is -0.0319. The molecule has 0 radical (unpaired) electrons. The van der Waals surface area contributed by atoms with Gasteiger partial charge in [-0.15, -0.1) is 11.3 Å². The van der Waals surface area contributed by atoms with Crippen molar-refractivity contribution < 1.29 is 9.53 Å². The van der Waals surface area contributed by atoms with Crippen LogP contribution < -0.4 is 4.74 Å². The van der Waals surface area contributed by atoms with E-state index in [1.165, 1.54) is 11.3 Å². The van der Waals surface area contributed by atoms with Gasteiger partial charge in [0.05, 0.1) is 20.2 Å². The SMILES string of the molecule is O=C(c1ccc(Cl)s1)N1CCC(Oc2ncccc2Br)C1. The van der Waals surface area contributed by atoms with Gasteiger partial charge in [0.15, 0.2) is 0 Å². The Morgan fingerprint density at radius 2 is 2.33 bits per heavy atom. The highest BCUT2D eigenvalue weighted by molar-refractivity contribution is 9.10. The van der Waals surface area contributed by atoms with Crippen molar-refractivity contribution in [3.8, 4) is 5.88 Å². The Balaban J connectivity index is 1.63. The fourth-order valence-electron chi connectivity index (χ4n) is 2.21. The number of carbonyl (C=O) groups excluding carboxylic acids is 1. The molecular weight excluding hydrogens is 376 g/mol. The molecule has 0 spiro atoms. The average Bonchev–Trinajstić information content (AvgIpc) is 3.10. The van der Waals surface area contributed by atoms with Crippen molar-refractivity contribution in [3.63, 3.8) is 0 Å². The highest BCUT2D eigenvalue weighted by atomic mass is 79.9. The molecule has 21 heavy (non-hydrogen) atoms. The summed E-state index contributed by atoms with van der Waals surface area (Å²) >= 11 is 10.6. The zero-order valence-electron chi connectivity index (χ0n) is 11.0. The van der Waals surface area contributed by atoms with Gasteiger partial charge in [-0.25, -0.2) is 4.98 Å². The lowest BCUT2D eigenvalue weighted by atomic mass is 10.3. The van der Waals surface area contributed by atoms with Crippen LogP contribution in [0.5, 0.6) is 5.88 Å². The maximum atomic E-state index is 12.3. The van der Waals surface area contributed by atoms with Gasteiger partial charge in [-0.3, -0.25) is 4.79 Å². The number of halogens is 2. The first-order valence-corrected chi connectivity index (χ1v) is 8.44. The number of carbonyl (C=O) groups is 1. The predicted octanol–water partition coefficient (Wildman–Crippen LogP) is 3.85. The van der Waals surface area contributed by atoms with Gasteiger partial charge < -0.3 is 9.64 Å². The van der Waals surface area contributed by atoms with Crippen LogP contribution in [0.25, 0.3) is 0 Å². The van der Waals surface area contributed by atoms with Crippen LogP contribution in [0.4, 0.5) is 0 Å². The van der Waals surface area contributed by atoms with Gasteiger partial charge in [-0.05, 0) is 40.2 Å². The fourth-order valence-corrected chi connectivity index (χ4v) is 3.57. The van der Waals surface area contributed by atoms with Crippen molar-refractivity contribution in [1.29, 1.82) is 0 Å². The maximum Gasteiger partial charge on any atom is 0.264 e. The van der Waals surface area contributed by atoms with E-state index in [4.69, 9.17) is 16.3 Å². The van der Waals surface area contributed by atoms with Crippen LogP contribution in [0.3, 0.4) is 0 Å². The third-order valence-corrected chi connectivity index (χ3v) is 5.04. The Labute approximate surface area is 139 Å². The number of pyridine rings is 1. The second kappa shape index (κ2) is 6.34. The summed E-state index contributed by atoms with van der Waals surface area (Å²) in [6.45, 7) is 1.25. The average molecular weight is 388 g/mol. The third kappa shape index (κ3) is 3.39. The van der Waals surface area contributed by atoms with E-state index < -0.39 is 0 Å². The summed E-state index contributed by atoms with van der Waals surface area (Å²) in [7, 11) is 0. The maximum absolute atomic E-state index is 12.3. The molecule has 7 heteroatoms. The van der Waals surface area contributed by atoms with E-state index in [0.29, 0.717) is 28.2 Å². The molecule has 1 aliphatic rings. The van der Waals surface area contributed by atoms with E-state index in [2.05, 4.69) is 20.9 Å². The van der Waals surface area contributed by atoms with Crippen LogP contribution in [0.15, 0.2) is 34.9 Å². The molecule has 0 aromatic carbocycles. The number of aromatic nitrogens is 1. The fraction of sp³-hybridized carbons (Fsp3) is 0.286. The molecule has 3 heterocycles. The first kappa shape index (κ1) is 14.8. The van der Waals surface area contributed by atoms with Gasteiger partial charge in [0.25, 0.3) is 5.91 Å². The van der Waals surface area contributed by atoms with Crippen molar-refractivity contribution in [2.75, 3.05) is 13.1 Å². The van der Waals surface area contributed by atoms with Crippen LogP contribution >= 0.6 is 38.9 Å². The summed E-state index contributed by atoms with van der Waals surface area (Å²) in [5, 5.41) is 0. The number of ether oxygens (including phenoxy) is 1. The van der Waals surface area contributed by atoms with Crippen LogP contribution in [-0.2, 0) is 0 Å². The molecule has 1 unspecified atom stereocenters. The Morgan fingerprint density at radius 1 is 1.48 bits per heavy atom. The molecule has 1 fully saturated rings. The zero-order chi connectivity index (χ0) is 14.8. The van der Waals surface area contributed by atoms with Crippen molar-refractivity contribution >= 4 is 44.8 Å². The molecule has 110 valence electrons. The minimum absolute atomic E-state index is 0.0121. The number of rotatable bonds is 3. The van der Waals surface area contributed by atoms with Gasteiger partial charge in [0.1, 0.15) is 6.10 Å². The van der Waals surface area contributed by atoms with Crippen LogP contribution in [0, 0.1) is 0 Å². The molecule has 0 saturated carbocycles. The number of hydrogen-bond donors (Lipinski definition) is 0. The summed E-state index contributed by atoms with van der Waals surface area (Å²) in [4.78, 5) is 19.0. The summed E-state index contributed by atoms with van der Waals surface area (Å²) < 4.78 is 7.30. The molecule has 1 amide bonds. The largest absolute Gasteiger partial charge is 0.472 e. The second-order valence-corrected chi connectivity index (χ2v) is 7.24. The molecule has 2 aromatic heterocycles. The Hall–Kier alpha value is -1.11. The number of likely N-dealkylation sites (tertiary alicyclic amines) is 1. The first-order valence-electron chi connectivity index (χ1n) is 6.45. The third-order valence-electron chi connectivity index (χ3n) is 3.22. The number of hydrogen-bond acceptors (Lipinski definition) is 4. The first-order chi connectivity index (χ1) is 10.1. The number of thiophene rings is 1. The zero-order valence-corrected chi connectivity index (χ0v) is 14.1. The molecule has 2 aromatic rings. The quantitative estimate of drug-likeness (QED) is 0.803. The molecule has 0 N–H and O–H groups in total. The molecular formula is C14H12BrClN2O2S. The summed E-state index contributed by atoms with van der Waals surface area (Å²) in [6, 6.07) is 7.23.